The first-order valence-electron chi connectivity index (χ1n) is 6.60. The van der Waals surface area contributed by atoms with Crippen molar-refractivity contribution in [2.45, 2.75) is 6.42 Å². The highest BCUT2D eigenvalue weighted by Crippen LogP contribution is 2.19. The molecule has 0 aliphatic rings. The summed E-state index contributed by atoms with van der Waals surface area (Å²) in [5, 5.41) is 16.3. The number of nitrogens with one attached hydrogen (secondary N) is 1. The molecule has 0 fully saturated rings. The van der Waals surface area contributed by atoms with Crippen LogP contribution in [0.3, 0.4) is 0 Å². The van der Waals surface area contributed by atoms with E-state index in [1.54, 1.807) is 24.3 Å². The van der Waals surface area contributed by atoms with Gasteiger partial charge in [0.15, 0.2) is 5.58 Å². The molecule has 0 aliphatic carbocycles. The molecule has 110 valence electrons. The Morgan fingerprint density at radius 3 is 2.64 bits per heavy atom. The molecule has 6 nitrogen and oxygen atoms in total. The fourth-order valence-electron chi connectivity index (χ4n) is 2.19. The first-order valence-corrected chi connectivity index (χ1v) is 6.60. The number of fused-ring (bicyclic) bond motifs is 1. The molecule has 0 unspecified atom stereocenters. The van der Waals surface area contributed by atoms with Crippen molar-refractivity contribution in [3.63, 3.8) is 0 Å². The number of aromatic carboxylic acids is 1. The highest BCUT2D eigenvalue weighted by Gasteiger charge is 2.15. The van der Waals surface area contributed by atoms with Crippen LogP contribution in [0.2, 0.25) is 0 Å². The minimum absolute atomic E-state index is 0.00493. The van der Waals surface area contributed by atoms with E-state index >= 15 is 0 Å². The van der Waals surface area contributed by atoms with Crippen molar-refractivity contribution in [2.75, 3.05) is 5.32 Å². The van der Waals surface area contributed by atoms with Crippen molar-refractivity contribution in [1.82, 2.24) is 5.16 Å². The summed E-state index contributed by atoms with van der Waals surface area (Å²) >= 11 is 0. The van der Waals surface area contributed by atoms with E-state index in [2.05, 4.69) is 10.5 Å². The zero-order valence-corrected chi connectivity index (χ0v) is 11.4. The summed E-state index contributed by atoms with van der Waals surface area (Å²) in [6.45, 7) is 0. The first kappa shape index (κ1) is 13.8. The topological polar surface area (TPSA) is 92.4 Å². The fourth-order valence-corrected chi connectivity index (χ4v) is 2.19. The number of benzene rings is 2. The number of carbonyl (C=O) groups is 2. The van der Waals surface area contributed by atoms with Gasteiger partial charge in [0.1, 0.15) is 5.69 Å². The zero-order chi connectivity index (χ0) is 15.5. The van der Waals surface area contributed by atoms with Crippen LogP contribution in [0, 0.1) is 0 Å². The molecule has 2 aromatic carbocycles. The molecule has 0 radical (unpaired) electrons. The number of carboxylic acid groups (broad SMARTS) is 1. The monoisotopic (exact) mass is 296 g/mol. The molecule has 0 saturated heterocycles. The van der Waals surface area contributed by atoms with Crippen molar-refractivity contribution in [2.24, 2.45) is 0 Å². The Bertz CT molecular complexity index is 854. The number of carboxylic acids is 1. The molecule has 2 N–H and O–H groups in total. The molecule has 0 atom stereocenters. The van der Waals surface area contributed by atoms with Crippen LogP contribution in [0.15, 0.2) is 53.1 Å². The van der Waals surface area contributed by atoms with E-state index in [0.29, 0.717) is 11.3 Å². The maximum Gasteiger partial charge on any atom is 0.337 e. The molecule has 22 heavy (non-hydrogen) atoms. The molecular formula is C16H12N2O4. The van der Waals surface area contributed by atoms with E-state index in [9.17, 15) is 9.59 Å². The normalized spacial score (nSPS) is 10.5. The van der Waals surface area contributed by atoms with Crippen LogP contribution in [0.25, 0.3) is 11.0 Å². The smallest absolute Gasteiger partial charge is 0.337 e. The summed E-state index contributed by atoms with van der Waals surface area (Å²) in [5.41, 5.74) is 1.42. The Hall–Kier alpha value is -3.15. The molecule has 3 rings (SSSR count). The molecule has 0 saturated carbocycles. The number of hydrogen-bond acceptors (Lipinski definition) is 4. The second-order valence-electron chi connectivity index (χ2n) is 4.70. The van der Waals surface area contributed by atoms with Crippen LogP contribution in [0.5, 0.6) is 0 Å². The average molecular weight is 296 g/mol. The third-order valence-electron chi connectivity index (χ3n) is 3.21. The predicted molar refractivity (Wildman–Crippen MR) is 79.7 cm³/mol. The molecule has 1 amide bonds. The van der Waals surface area contributed by atoms with Crippen molar-refractivity contribution in [3.8, 4) is 0 Å². The van der Waals surface area contributed by atoms with Gasteiger partial charge in [0.25, 0.3) is 0 Å². The highest BCUT2D eigenvalue weighted by molar-refractivity contribution is 6.01. The third-order valence-corrected chi connectivity index (χ3v) is 3.21. The second-order valence-corrected chi connectivity index (χ2v) is 4.70. The SMILES string of the molecule is O=C(Cc1noc2ccccc12)Nc1ccccc1C(=O)O. The fraction of sp³-hybridized carbons (Fsp3) is 0.0625. The van der Waals surface area contributed by atoms with Gasteiger partial charge in [-0.25, -0.2) is 4.79 Å². The lowest BCUT2D eigenvalue weighted by Gasteiger charge is -2.07. The third kappa shape index (κ3) is 2.67. The van der Waals surface area contributed by atoms with Gasteiger partial charge in [-0.3, -0.25) is 4.79 Å². The lowest BCUT2D eigenvalue weighted by Crippen LogP contribution is -2.17. The number of aromatic nitrogens is 1. The van der Waals surface area contributed by atoms with Gasteiger partial charge >= 0.3 is 5.97 Å². The second kappa shape index (κ2) is 5.69. The summed E-state index contributed by atoms with van der Waals surface area (Å²) in [6.07, 6.45) is 0.00493. The molecular weight excluding hydrogens is 284 g/mol. The number of para-hydroxylation sites is 2. The van der Waals surface area contributed by atoms with Gasteiger partial charge in [0.2, 0.25) is 5.91 Å². The molecule has 0 bridgehead atoms. The van der Waals surface area contributed by atoms with Crippen LogP contribution < -0.4 is 5.32 Å². The predicted octanol–water partition coefficient (Wildman–Crippen LogP) is 2.71. The molecule has 3 aromatic rings. The summed E-state index contributed by atoms with van der Waals surface area (Å²) in [7, 11) is 0. The Kier molecular flexibility index (Phi) is 3.57. The number of anilines is 1. The van der Waals surface area contributed by atoms with E-state index < -0.39 is 5.97 Å². The minimum Gasteiger partial charge on any atom is -0.478 e. The number of carbonyl (C=O) groups excluding carboxylic acids is 1. The Morgan fingerprint density at radius 1 is 1.09 bits per heavy atom. The summed E-state index contributed by atoms with van der Waals surface area (Å²) in [5.74, 6) is -1.45. The number of hydrogen-bond donors (Lipinski definition) is 2. The van der Waals surface area contributed by atoms with E-state index in [1.807, 2.05) is 18.2 Å². The quantitative estimate of drug-likeness (QED) is 0.772. The molecule has 1 aromatic heterocycles. The van der Waals surface area contributed by atoms with E-state index in [4.69, 9.17) is 9.63 Å². The maximum atomic E-state index is 12.1. The van der Waals surface area contributed by atoms with E-state index in [0.717, 1.165) is 5.39 Å². The highest BCUT2D eigenvalue weighted by atomic mass is 16.5. The molecule has 0 aliphatic heterocycles. The van der Waals surface area contributed by atoms with Gasteiger partial charge in [-0.15, -0.1) is 0 Å². The van der Waals surface area contributed by atoms with Gasteiger partial charge in [-0.1, -0.05) is 29.4 Å². The maximum absolute atomic E-state index is 12.1. The van der Waals surface area contributed by atoms with Gasteiger partial charge in [0, 0.05) is 5.39 Å². The zero-order valence-electron chi connectivity index (χ0n) is 11.4. The first-order chi connectivity index (χ1) is 10.6. The van der Waals surface area contributed by atoms with Gasteiger partial charge < -0.3 is 14.9 Å². The Labute approximate surface area is 125 Å². The van der Waals surface area contributed by atoms with E-state index in [-0.39, 0.29) is 23.6 Å². The number of amides is 1. The van der Waals surface area contributed by atoms with Crippen molar-refractivity contribution < 1.29 is 19.2 Å². The van der Waals surface area contributed by atoms with Crippen LogP contribution >= 0.6 is 0 Å². The summed E-state index contributed by atoms with van der Waals surface area (Å²) in [4.78, 5) is 23.2. The van der Waals surface area contributed by atoms with Gasteiger partial charge in [-0.2, -0.15) is 0 Å². The van der Waals surface area contributed by atoms with Crippen LogP contribution in [-0.4, -0.2) is 22.1 Å². The van der Waals surface area contributed by atoms with Crippen molar-refractivity contribution >= 4 is 28.5 Å². The van der Waals surface area contributed by atoms with Crippen LogP contribution in [0.1, 0.15) is 16.1 Å². The van der Waals surface area contributed by atoms with Gasteiger partial charge in [-0.05, 0) is 24.3 Å². The largest absolute Gasteiger partial charge is 0.478 e. The standard InChI is InChI=1S/C16H12N2O4/c19-15(17-12-7-3-1-6-11(12)16(20)21)9-13-10-5-2-4-8-14(10)22-18-13/h1-8H,9H2,(H,17,19)(H,20,21). The number of rotatable bonds is 4. The minimum atomic E-state index is -1.09. The lowest BCUT2D eigenvalue weighted by molar-refractivity contribution is -0.115. The van der Waals surface area contributed by atoms with Crippen LogP contribution in [-0.2, 0) is 11.2 Å². The van der Waals surface area contributed by atoms with Crippen molar-refractivity contribution in [3.05, 3.63) is 59.8 Å². The molecule has 6 heteroatoms. The van der Waals surface area contributed by atoms with Crippen LogP contribution in [0.4, 0.5) is 5.69 Å². The summed E-state index contributed by atoms with van der Waals surface area (Å²) < 4.78 is 5.14. The average Bonchev–Trinajstić information content (AvgIpc) is 2.91. The Balaban J connectivity index is 1.80. The summed E-state index contributed by atoms with van der Waals surface area (Å²) in [6, 6.07) is 13.5. The number of nitrogens with zero attached hydrogens (tertiary/aromatic N) is 1. The Morgan fingerprint density at radius 2 is 1.82 bits per heavy atom. The van der Waals surface area contributed by atoms with Gasteiger partial charge in [0.05, 0.1) is 17.7 Å². The lowest BCUT2D eigenvalue weighted by atomic mass is 10.1. The van der Waals surface area contributed by atoms with Crippen molar-refractivity contribution in [1.29, 1.82) is 0 Å². The molecule has 1 heterocycles. The molecule has 0 spiro atoms. The van der Waals surface area contributed by atoms with E-state index in [1.165, 1.54) is 6.07 Å².